The predicted molar refractivity (Wildman–Crippen MR) is 86.8 cm³/mol. The van der Waals surface area contributed by atoms with E-state index in [0.717, 1.165) is 33.7 Å². The molecular weight excluding hydrogens is 315 g/mol. The van der Waals surface area contributed by atoms with Crippen molar-refractivity contribution >= 4 is 23.1 Å². The number of thiophene rings is 1. The van der Waals surface area contributed by atoms with Gasteiger partial charge in [0.05, 0.1) is 0 Å². The maximum atomic E-state index is 13.0. The summed E-state index contributed by atoms with van der Waals surface area (Å²) in [7, 11) is 0. The van der Waals surface area contributed by atoms with E-state index in [4.69, 9.17) is 5.11 Å². The number of halogens is 1. The summed E-state index contributed by atoms with van der Waals surface area (Å²) in [6.45, 7) is 1.92. The second-order valence-electron chi connectivity index (χ2n) is 5.88. The second kappa shape index (κ2) is 6.24. The first-order chi connectivity index (χ1) is 11.0. The number of ketones is 1. The van der Waals surface area contributed by atoms with Crippen molar-refractivity contribution in [2.75, 3.05) is 0 Å². The fourth-order valence-corrected chi connectivity index (χ4v) is 4.63. The van der Waals surface area contributed by atoms with E-state index in [1.165, 1.54) is 24.3 Å². The van der Waals surface area contributed by atoms with Crippen LogP contribution in [0.5, 0.6) is 0 Å². The number of aliphatic carboxylic acids is 1. The fraction of sp³-hybridized carbons (Fsp3) is 0.333. The first-order valence-electron chi connectivity index (χ1n) is 7.61. The molecule has 3 nitrogen and oxygen atoms in total. The van der Waals surface area contributed by atoms with Crippen molar-refractivity contribution in [3.63, 3.8) is 0 Å². The van der Waals surface area contributed by atoms with Gasteiger partial charge in [0, 0.05) is 27.3 Å². The van der Waals surface area contributed by atoms with Gasteiger partial charge in [-0.05, 0) is 61.9 Å². The number of benzene rings is 1. The van der Waals surface area contributed by atoms with Crippen molar-refractivity contribution in [2.24, 2.45) is 0 Å². The summed E-state index contributed by atoms with van der Waals surface area (Å²) < 4.78 is 13.0. The van der Waals surface area contributed by atoms with E-state index in [9.17, 15) is 14.0 Å². The highest BCUT2D eigenvalue weighted by Gasteiger charge is 2.31. The molecule has 0 aliphatic heterocycles. The average molecular weight is 332 g/mol. The zero-order valence-electron chi connectivity index (χ0n) is 12.8. The predicted octanol–water partition coefficient (Wildman–Crippen LogP) is 4.32. The highest BCUT2D eigenvalue weighted by Crippen LogP contribution is 2.44. The Labute approximate surface area is 137 Å². The molecule has 1 aromatic carbocycles. The van der Waals surface area contributed by atoms with Crippen LogP contribution in [0.4, 0.5) is 4.39 Å². The van der Waals surface area contributed by atoms with Gasteiger partial charge in [-0.3, -0.25) is 9.59 Å². The van der Waals surface area contributed by atoms with Crippen LogP contribution in [0.3, 0.4) is 0 Å². The third-order valence-corrected chi connectivity index (χ3v) is 5.68. The minimum atomic E-state index is -0.783. The summed E-state index contributed by atoms with van der Waals surface area (Å²) in [6.07, 6.45) is 2.49. The number of aryl methyl sites for hydroxylation is 1. The van der Waals surface area contributed by atoms with Gasteiger partial charge in [0.2, 0.25) is 0 Å². The molecule has 5 heteroatoms. The molecule has 1 atom stereocenters. The Morgan fingerprint density at radius 2 is 2.00 bits per heavy atom. The zero-order chi connectivity index (χ0) is 16.6. The van der Waals surface area contributed by atoms with Gasteiger partial charge in [0.15, 0.2) is 5.78 Å². The molecule has 0 fully saturated rings. The molecule has 0 saturated carbocycles. The largest absolute Gasteiger partial charge is 0.481 e. The smallest absolute Gasteiger partial charge is 0.303 e. The quantitative estimate of drug-likeness (QED) is 0.830. The zero-order valence-corrected chi connectivity index (χ0v) is 13.6. The Hall–Kier alpha value is -2.01. The molecule has 1 heterocycles. The summed E-state index contributed by atoms with van der Waals surface area (Å²) in [5.41, 5.74) is 2.29. The van der Waals surface area contributed by atoms with Crippen LogP contribution in [0.2, 0.25) is 0 Å². The Bertz CT molecular complexity index is 761. The monoisotopic (exact) mass is 332 g/mol. The summed E-state index contributed by atoms with van der Waals surface area (Å²) in [5, 5.41) is 8.86. The summed E-state index contributed by atoms with van der Waals surface area (Å²) in [6, 6.07) is 5.62. The van der Waals surface area contributed by atoms with Gasteiger partial charge < -0.3 is 5.11 Å². The number of fused-ring (bicyclic) bond motifs is 1. The van der Waals surface area contributed by atoms with Gasteiger partial charge in [0.25, 0.3) is 0 Å². The number of carbonyl (C=O) groups excluding carboxylic acids is 1. The second-order valence-corrected chi connectivity index (χ2v) is 7.14. The van der Waals surface area contributed by atoms with E-state index in [1.807, 2.05) is 6.92 Å². The Morgan fingerprint density at radius 3 is 2.65 bits per heavy atom. The van der Waals surface area contributed by atoms with Crippen molar-refractivity contribution in [1.82, 2.24) is 0 Å². The van der Waals surface area contributed by atoms with Gasteiger partial charge >= 0.3 is 5.97 Å². The molecule has 1 aliphatic rings. The van der Waals surface area contributed by atoms with E-state index in [1.54, 1.807) is 11.3 Å². The van der Waals surface area contributed by atoms with Crippen LogP contribution in [-0.4, -0.2) is 16.9 Å². The Balaban J connectivity index is 1.90. The minimum absolute atomic E-state index is 0.0705. The molecule has 1 aliphatic carbocycles. The van der Waals surface area contributed by atoms with Crippen LogP contribution in [0.25, 0.3) is 0 Å². The molecule has 1 N–H and O–H groups in total. The molecule has 1 aromatic heterocycles. The van der Waals surface area contributed by atoms with Crippen molar-refractivity contribution in [3.8, 4) is 0 Å². The molecule has 3 rings (SSSR count). The molecule has 2 aromatic rings. The Kier molecular flexibility index (Phi) is 4.31. The molecule has 0 radical (unpaired) electrons. The van der Waals surface area contributed by atoms with E-state index in [-0.39, 0.29) is 23.9 Å². The maximum Gasteiger partial charge on any atom is 0.303 e. The Morgan fingerprint density at radius 1 is 1.30 bits per heavy atom. The molecule has 0 amide bonds. The molecule has 1 unspecified atom stereocenters. The van der Waals surface area contributed by atoms with Crippen LogP contribution in [-0.2, 0) is 11.2 Å². The van der Waals surface area contributed by atoms with Gasteiger partial charge in [0.1, 0.15) is 5.82 Å². The van der Waals surface area contributed by atoms with Gasteiger partial charge in [-0.25, -0.2) is 4.39 Å². The SMILES string of the molecule is Cc1sc2c(c1C(=O)c1ccc(F)cc1)CCC2CCC(=O)O. The number of hydrogen-bond acceptors (Lipinski definition) is 3. The topological polar surface area (TPSA) is 54.4 Å². The number of carboxylic acids is 1. The van der Waals surface area contributed by atoms with E-state index in [2.05, 4.69) is 0 Å². The van der Waals surface area contributed by atoms with Crippen LogP contribution < -0.4 is 0 Å². The van der Waals surface area contributed by atoms with Crippen LogP contribution in [0.1, 0.15) is 56.4 Å². The highest BCUT2D eigenvalue weighted by atomic mass is 32.1. The maximum absolute atomic E-state index is 13.0. The highest BCUT2D eigenvalue weighted by molar-refractivity contribution is 7.12. The van der Waals surface area contributed by atoms with E-state index < -0.39 is 5.97 Å². The normalized spacial score (nSPS) is 16.3. The summed E-state index contributed by atoms with van der Waals surface area (Å²) in [5.74, 6) is -0.977. The molecule has 23 heavy (non-hydrogen) atoms. The van der Waals surface area contributed by atoms with Crippen molar-refractivity contribution in [1.29, 1.82) is 0 Å². The van der Waals surface area contributed by atoms with Gasteiger partial charge in [-0.1, -0.05) is 0 Å². The lowest BCUT2D eigenvalue weighted by molar-refractivity contribution is -0.137. The molecule has 0 saturated heterocycles. The third-order valence-electron chi connectivity index (χ3n) is 4.37. The van der Waals surface area contributed by atoms with Crippen molar-refractivity contribution in [2.45, 2.75) is 38.5 Å². The first kappa shape index (κ1) is 15.9. The number of hydrogen-bond donors (Lipinski definition) is 1. The van der Waals surface area contributed by atoms with Gasteiger partial charge in [-0.2, -0.15) is 0 Å². The lowest BCUT2D eigenvalue weighted by Gasteiger charge is -2.06. The molecular formula is C18H17FO3S. The number of carboxylic acid groups (broad SMARTS) is 1. The standard InChI is InChI=1S/C18H17FO3S/c1-10-16(17(22)11-2-6-13(19)7-3-11)14-8-4-12(18(14)23-10)5-9-15(20)21/h2-3,6-7,12H,4-5,8-9H2,1H3,(H,20,21). The van der Waals surface area contributed by atoms with E-state index >= 15 is 0 Å². The van der Waals surface area contributed by atoms with Crippen LogP contribution in [0.15, 0.2) is 24.3 Å². The van der Waals surface area contributed by atoms with Gasteiger partial charge in [-0.15, -0.1) is 11.3 Å². The minimum Gasteiger partial charge on any atom is -0.481 e. The van der Waals surface area contributed by atoms with E-state index in [0.29, 0.717) is 12.0 Å². The van der Waals surface area contributed by atoms with Crippen molar-refractivity contribution < 1.29 is 19.1 Å². The first-order valence-corrected chi connectivity index (χ1v) is 8.43. The average Bonchev–Trinajstić information content (AvgIpc) is 3.03. The van der Waals surface area contributed by atoms with Crippen LogP contribution >= 0.6 is 11.3 Å². The third kappa shape index (κ3) is 3.06. The van der Waals surface area contributed by atoms with Crippen LogP contribution in [0, 0.1) is 12.7 Å². The lowest BCUT2D eigenvalue weighted by atomic mass is 9.98. The molecule has 0 spiro atoms. The number of carbonyl (C=O) groups is 2. The summed E-state index contributed by atoms with van der Waals surface area (Å²) in [4.78, 5) is 25.7. The lowest BCUT2D eigenvalue weighted by Crippen LogP contribution is -2.04. The summed E-state index contributed by atoms with van der Waals surface area (Å²) >= 11 is 1.60. The van der Waals surface area contributed by atoms with Crippen molar-refractivity contribution in [3.05, 3.63) is 56.5 Å². The molecule has 120 valence electrons. The number of rotatable bonds is 5. The molecule has 0 bridgehead atoms. The fourth-order valence-electron chi connectivity index (χ4n) is 3.26.